The molecule has 7 nitrogen and oxygen atoms in total. The van der Waals surface area contributed by atoms with Gasteiger partial charge < -0.3 is 14.6 Å². The van der Waals surface area contributed by atoms with E-state index in [0.29, 0.717) is 17.1 Å². The van der Waals surface area contributed by atoms with E-state index in [1.54, 1.807) is 31.2 Å². The number of methoxy groups -OCH3 is 1. The van der Waals surface area contributed by atoms with Crippen molar-refractivity contribution in [2.75, 3.05) is 12.4 Å². The zero-order chi connectivity index (χ0) is 17.0. The molecule has 1 amide bonds. The van der Waals surface area contributed by atoms with Crippen LogP contribution in [-0.2, 0) is 20.4 Å². The molecule has 0 aliphatic heterocycles. The molecule has 124 valence electrons. The fourth-order valence-corrected chi connectivity index (χ4v) is 3.12. The second-order valence-electron chi connectivity index (χ2n) is 5.07. The van der Waals surface area contributed by atoms with E-state index in [0.717, 1.165) is 0 Å². The van der Waals surface area contributed by atoms with E-state index in [-0.39, 0.29) is 11.5 Å². The Bertz CT molecular complexity index is 798. The standard InChI is InChI=1S/C15H18N2O5S/c1-10-8-12(22-17-10)9-23(19,20)11(2)15(18)16-13-6-4-5-7-14(13)21-3/h4-8,11H,9H2,1-3H3,(H,16,18). The number of rotatable bonds is 6. The summed E-state index contributed by atoms with van der Waals surface area (Å²) in [5.41, 5.74) is 0.999. The zero-order valence-electron chi connectivity index (χ0n) is 13.1. The summed E-state index contributed by atoms with van der Waals surface area (Å²) in [4.78, 5) is 12.2. The lowest BCUT2D eigenvalue weighted by molar-refractivity contribution is -0.115. The number of aryl methyl sites for hydroxylation is 1. The quantitative estimate of drug-likeness (QED) is 0.864. The number of ether oxygens (including phenoxy) is 1. The molecule has 0 aliphatic rings. The Morgan fingerprint density at radius 2 is 2.09 bits per heavy atom. The van der Waals surface area contributed by atoms with Gasteiger partial charge in [-0.3, -0.25) is 4.79 Å². The van der Waals surface area contributed by atoms with Gasteiger partial charge in [0.2, 0.25) is 5.91 Å². The molecular weight excluding hydrogens is 320 g/mol. The number of hydrogen-bond donors (Lipinski definition) is 1. The number of benzene rings is 1. The number of para-hydroxylation sites is 2. The van der Waals surface area contributed by atoms with Gasteiger partial charge in [0.05, 0.1) is 18.5 Å². The second-order valence-corrected chi connectivity index (χ2v) is 7.40. The van der Waals surface area contributed by atoms with Crippen LogP contribution in [0.15, 0.2) is 34.9 Å². The number of carbonyl (C=O) groups is 1. The van der Waals surface area contributed by atoms with Crippen molar-refractivity contribution >= 4 is 21.4 Å². The van der Waals surface area contributed by atoms with E-state index in [4.69, 9.17) is 9.26 Å². The first-order chi connectivity index (χ1) is 10.8. The van der Waals surface area contributed by atoms with Crippen molar-refractivity contribution in [1.29, 1.82) is 0 Å². The lowest BCUT2D eigenvalue weighted by atomic mass is 10.3. The summed E-state index contributed by atoms with van der Waals surface area (Å²) in [6.45, 7) is 3.03. The van der Waals surface area contributed by atoms with Crippen molar-refractivity contribution in [3.8, 4) is 5.75 Å². The summed E-state index contributed by atoms with van der Waals surface area (Å²) >= 11 is 0. The highest BCUT2D eigenvalue weighted by atomic mass is 32.2. The Morgan fingerprint density at radius 1 is 1.39 bits per heavy atom. The molecule has 0 fully saturated rings. The van der Waals surface area contributed by atoms with E-state index in [2.05, 4.69) is 10.5 Å². The van der Waals surface area contributed by atoms with Gasteiger partial charge in [-0.25, -0.2) is 8.42 Å². The van der Waals surface area contributed by atoms with E-state index in [9.17, 15) is 13.2 Å². The van der Waals surface area contributed by atoms with Crippen molar-refractivity contribution in [2.45, 2.75) is 24.9 Å². The normalized spacial score (nSPS) is 12.7. The Hall–Kier alpha value is -2.35. The third-order valence-electron chi connectivity index (χ3n) is 3.29. The minimum atomic E-state index is -3.73. The molecular formula is C15H18N2O5S. The molecule has 0 saturated carbocycles. The summed E-state index contributed by atoms with van der Waals surface area (Å²) in [6, 6.07) is 8.31. The summed E-state index contributed by atoms with van der Waals surface area (Å²) in [5, 5.41) is 4.97. The van der Waals surface area contributed by atoms with Crippen LogP contribution in [0, 0.1) is 6.92 Å². The van der Waals surface area contributed by atoms with Crippen LogP contribution in [0.25, 0.3) is 0 Å². The molecule has 2 rings (SSSR count). The third-order valence-corrected chi connectivity index (χ3v) is 5.27. The van der Waals surface area contributed by atoms with Gasteiger partial charge in [-0.05, 0) is 26.0 Å². The highest BCUT2D eigenvalue weighted by molar-refractivity contribution is 7.92. The number of nitrogens with one attached hydrogen (secondary N) is 1. The van der Waals surface area contributed by atoms with E-state index in [1.807, 2.05) is 0 Å². The molecule has 0 radical (unpaired) electrons. The van der Waals surface area contributed by atoms with Gasteiger partial charge in [-0.2, -0.15) is 0 Å². The van der Waals surface area contributed by atoms with Gasteiger partial charge in [0.15, 0.2) is 15.6 Å². The third kappa shape index (κ3) is 4.10. The Kier molecular flexibility index (Phi) is 5.05. The smallest absolute Gasteiger partial charge is 0.242 e. The van der Waals surface area contributed by atoms with Crippen LogP contribution < -0.4 is 10.1 Å². The van der Waals surface area contributed by atoms with Crippen LogP contribution in [0.1, 0.15) is 18.4 Å². The maximum atomic E-state index is 12.3. The average Bonchev–Trinajstić information content (AvgIpc) is 2.91. The Morgan fingerprint density at radius 3 is 2.70 bits per heavy atom. The molecule has 0 bridgehead atoms. The SMILES string of the molecule is COc1ccccc1NC(=O)C(C)S(=O)(=O)Cc1cc(C)no1. The van der Waals surface area contributed by atoms with Crippen molar-refractivity contribution < 1.29 is 22.5 Å². The largest absolute Gasteiger partial charge is 0.495 e. The predicted molar refractivity (Wildman–Crippen MR) is 84.9 cm³/mol. The summed E-state index contributed by atoms with van der Waals surface area (Å²) in [7, 11) is -2.26. The molecule has 1 aromatic heterocycles. The molecule has 0 spiro atoms. The molecule has 1 heterocycles. The number of aromatic nitrogens is 1. The predicted octanol–water partition coefficient (Wildman–Crippen LogP) is 1.93. The van der Waals surface area contributed by atoms with E-state index < -0.39 is 21.0 Å². The van der Waals surface area contributed by atoms with Gasteiger partial charge >= 0.3 is 0 Å². The minimum Gasteiger partial charge on any atom is -0.495 e. The summed E-state index contributed by atoms with van der Waals surface area (Å²) in [5.74, 6) is -0.351. The topological polar surface area (TPSA) is 98.5 Å². The van der Waals surface area contributed by atoms with Crippen molar-refractivity contribution in [3.05, 3.63) is 41.8 Å². The maximum absolute atomic E-state index is 12.3. The lowest BCUT2D eigenvalue weighted by Crippen LogP contribution is -2.33. The van der Waals surface area contributed by atoms with E-state index >= 15 is 0 Å². The van der Waals surface area contributed by atoms with Gasteiger partial charge in [0, 0.05) is 6.07 Å². The van der Waals surface area contributed by atoms with Gasteiger partial charge in [0.25, 0.3) is 0 Å². The van der Waals surface area contributed by atoms with E-state index in [1.165, 1.54) is 20.1 Å². The van der Waals surface area contributed by atoms with Crippen LogP contribution >= 0.6 is 0 Å². The Labute approximate surface area is 134 Å². The first-order valence-electron chi connectivity index (χ1n) is 6.91. The fourth-order valence-electron chi connectivity index (χ4n) is 1.95. The molecule has 0 saturated heterocycles. The number of sulfone groups is 1. The first-order valence-corrected chi connectivity index (χ1v) is 8.62. The maximum Gasteiger partial charge on any atom is 0.242 e. The van der Waals surface area contributed by atoms with Crippen LogP contribution in [0.3, 0.4) is 0 Å². The van der Waals surface area contributed by atoms with Crippen LogP contribution in [0.2, 0.25) is 0 Å². The molecule has 1 aromatic carbocycles. The molecule has 23 heavy (non-hydrogen) atoms. The average molecular weight is 338 g/mol. The molecule has 0 aliphatic carbocycles. The Balaban J connectivity index is 2.12. The number of nitrogens with zero attached hydrogens (tertiary/aromatic N) is 1. The van der Waals surface area contributed by atoms with Gasteiger partial charge in [-0.15, -0.1) is 0 Å². The summed E-state index contributed by atoms with van der Waals surface area (Å²) < 4.78 is 34.7. The van der Waals surface area contributed by atoms with Crippen molar-refractivity contribution in [1.82, 2.24) is 5.16 Å². The van der Waals surface area contributed by atoms with Crippen molar-refractivity contribution in [2.24, 2.45) is 0 Å². The van der Waals surface area contributed by atoms with Crippen molar-refractivity contribution in [3.63, 3.8) is 0 Å². The molecule has 8 heteroatoms. The highest BCUT2D eigenvalue weighted by Gasteiger charge is 2.30. The zero-order valence-corrected chi connectivity index (χ0v) is 13.9. The first kappa shape index (κ1) is 17.0. The van der Waals surface area contributed by atoms with Gasteiger partial charge in [-0.1, -0.05) is 17.3 Å². The number of amides is 1. The number of hydrogen-bond acceptors (Lipinski definition) is 6. The number of carbonyl (C=O) groups excluding carboxylic acids is 1. The fraction of sp³-hybridized carbons (Fsp3) is 0.333. The lowest BCUT2D eigenvalue weighted by Gasteiger charge is -2.14. The van der Waals surface area contributed by atoms with Crippen LogP contribution in [0.5, 0.6) is 5.75 Å². The second kappa shape index (κ2) is 6.82. The van der Waals surface area contributed by atoms with Crippen LogP contribution in [-0.4, -0.2) is 31.8 Å². The monoisotopic (exact) mass is 338 g/mol. The highest BCUT2D eigenvalue weighted by Crippen LogP contribution is 2.24. The summed E-state index contributed by atoms with van der Waals surface area (Å²) in [6.07, 6.45) is 0. The molecule has 1 N–H and O–H groups in total. The molecule has 1 atom stereocenters. The minimum absolute atomic E-state index is 0.208. The molecule has 2 aromatic rings. The number of anilines is 1. The van der Waals surface area contributed by atoms with Gasteiger partial charge in [0.1, 0.15) is 16.8 Å². The molecule has 1 unspecified atom stereocenters. The van der Waals surface area contributed by atoms with Crippen LogP contribution in [0.4, 0.5) is 5.69 Å².